The van der Waals surface area contributed by atoms with Gasteiger partial charge >= 0.3 is 0 Å². The van der Waals surface area contributed by atoms with E-state index in [9.17, 15) is 0 Å². The van der Waals surface area contributed by atoms with E-state index in [1.54, 1.807) is 0 Å². The van der Waals surface area contributed by atoms with Gasteiger partial charge in [0.25, 0.3) is 0 Å². The molecule has 0 unspecified atom stereocenters. The number of nitrogens with zero attached hydrogens (tertiary/aromatic N) is 1. The van der Waals surface area contributed by atoms with Crippen LogP contribution in [-0.4, -0.2) is 24.8 Å². The molecule has 0 amide bonds. The molecular formula is C9H16N2O. The molecule has 1 aliphatic rings. The highest BCUT2D eigenvalue weighted by Crippen LogP contribution is 2.17. The first-order chi connectivity index (χ1) is 5.76. The summed E-state index contributed by atoms with van der Waals surface area (Å²) in [5, 5.41) is 12.2. The van der Waals surface area contributed by atoms with E-state index >= 15 is 0 Å². The first-order valence-corrected chi connectivity index (χ1v) is 4.53. The molecule has 1 rings (SSSR count). The van der Waals surface area contributed by atoms with Gasteiger partial charge in [-0.15, -0.1) is 0 Å². The summed E-state index contributed by atoms with van der Waals surface area (Å²) in [6.07, 6.45) is 2.14. The second kappa shape index (κ2) is 3.88. The lowest BCUT2D eigenvalue weighted by Gasteiger charge is -2.38. The molecule has 0 aromatic carbocycles. The van der Waals surface area contributed by atoms with Crippen LogP contribution in [0.5, 0.6) is 0 Å². The lowest BCUT2D eigenvalue weighted by atomic mass is 9.97. The van der Waals surface area contributed by atoms with Crippen LogP contribution in [0.2, 0.25) is 0 Å². The maximum absolute atomic E-state index is 8.88. The summed E-state index contributed by atoms with van der Waals surface area (Å²) >= 11 is 0. The van der Waals surface area contributed by atoms with Gasteiger partial charge in [0.1, 0.15) is 0 Å². The summed E-state index contributed by atoms with van der Waals surface area (Å²) in [6.45, 7) is 5.34. The van der Waals surface area contributed by atoms with E-state index in [2.05, 4.69) is 25.2 Å². The molecule has 0 aromatic rings. The van der Waals surface area contributed by atoms with Gasteiger partial charge in [0, 0.05) is 6.04 Å². The van der Waals surface area contributed by atoms with Crippen molar-refractivity contribution in [3.8, 4) is 6.07 Å². The first-order valence-electron chi connectivity index (χ1n) is 4.53. The smallest absolute Gasteiger partial charge is 0.153 e. The summed E-state index contributed by atoms with van der Waals surface area (Å²) in [4.78, 5) is 0. The van der Waals surface area contributed by atoms with Gasteiger partial charge in [0.2, 0.25) is 0 Å². The quantitative estimate of drug-likeness (QED) is 0.682. The Balaban J connectivity index is 2.42. The van der Waals surface area contributed by atoms with Crippen molar-refractivity contribution in [3.05, 3.63) is 0 Å². The normalized spacial score (nSPS) is 20.2. The molecule has 0 spiro atoms. The van der Waals surface area contributed by atoms with Gasteiger partial charge in [-0.1, -0.05) is 13.8 Å². The van der Waals surface area contributed by atoms with Crippen molar-refractivity contribution in [2.24, 2.45) is 0 Å². The molecule has 1 aliphatic heterocycles. The lowest BCUT2D eigenvalue weighted by molar-refractivity contribution is -0.0491. The van der Waals surface area contributed by atoms with Gasteiger partial charge in [-0.05, 0) is 12.8 Å². The monoisotopic (exact) mass is 168 g/mol. The molecule has 1 N–H and O–H groups in total. The molecule has 0 bridgehead atoms. The Morgan fingerprint density at radius 3 is 2.33 bits per heavy atom. The lowest BCUT2D eigenvalue weighted by Crippen LogP contribution is -2.62. The number of rotatable bonds is 4. The van der Waals surface area contributed by atoms with E-state index in [-0.39, 0.29) is 5.54 Å². The Bertz CT molecular complexity index is 177. The van der Waals surface area contributed by atoms with Crippen molar-refractivity contribution in [2.45, 2.75) is 38.3 Å². The fraction of sp³-hybridized carbons (Fsp3) is 0.889. The van der Waals surface area contributed by atoms with Crippen LogP contribution >= 0.6 is 0 Å². The molecule has 68 valence electrons. The van der Waals surface area contributed by atoms with Crippen LogP contribution in [0.3, 0.4) is 0 Å². The minimum Gasteiger partial charge on any atom is -0.375 e. The Morgan fingerprint density at radius 1 is 1.50 bits per heavy atom. The number of nitrogens with one attached hydrogen (secondary N) is 1. The van der Waals surface area contributed by atoms with Crippen molar-refractivity contribution in [1.29, 1.82) is 5.26 Å². The highest BCUT2D eigenvalue weighted by atomic mass is 16.5. The largest absolute Gasteiger partial charge is 0.375 e. The fourth-order valence-electron chi connectivity index (χ4n) is 1.37. The van der Waals surface area contributed by atoms with Gasteiger partial charge < -0.3 is 4.74 Å². The molecule has 0 saturated carbocycles. The van der Waals surface area contributed by atoms with E-state index in [1.807, 2.05) is 0 Å². The molecule has 0 radical (unpaired) electrons. The zero-order chi connectivity index (χ0) is 9.03. The molecule has 0 aromatic heterocycles. The third kappa shape index (κ3) is 1.77. The molecule has 1 fully saturated rings. The third-order valence-electron chi connectivity index (χ3n) is 2.38. The van der Waals surface area contributed by atoms with E-state index in [0.29, 0.717) is 19.3 Å². The van der Waals surface area contributed by atoms with Crippen molar-refractivity contribution < 1.29 is 4.74 Å². The van der Waals surface area contributed by atoms with Crippen molar-refractivity contribution in [3.63, 3.8) is 0 Å². The zero-order valence-corrected chi connectivity index (χ0v) is 7.76. The SMILES string of the molecule is CCC(CC)NC1(C#N)COC1. The Labute approximate surface area is 73.7 Å². The number of ether oxygens (including phenoxy) is 1. The van der Waals surface area contributed by atoms with Crippen LogP contribution in [0.4, 0.5) is 0 Å². The zero-order valence-electron chi connectivity index (χ0n) is 7.76. The predicted molar refractivity (Wildman–Crippen MR) is 46.7 cm³/mol. The Kier molecular flexibility index (Phi) is 3.07. The molecular weight excluding hydrogens is 152 g/mol. The van der Waals surface area contributed by atoms with Crippen LogP contribution in [0.15, 0.2) is 0 Å². The predicted octanol–water partition coefficient (Wildman–Crippen LogP) is 1.06. The van der Waals surface area contributed by atoms with Gasteiger partial charge in [0.15, 0.2) is 5.54 Å². The van der Waals surface area contributed by atoms with E-state index in [0.717, 1.165) is 12.8 Å². The molecule has 1 saturated heterocycles. The van der Waals surface area contributed by atoms with E-state index < -0.39 is 0 Å². The van der Waals surface area contributed by atoms with Gasteiger partial charge in [-0.2, -0.15) is 5.26 Å². The molecule has 0 aliphatic carbocycles. The maximum atomic E-state index is 8.88. The number of nitriles is 1. The van der Waals surface area contributed by atoms with Crippen LogP contribution < -0.4 is 5.32 Å². The van der Waals surface area contributed by atoms with Gasteiger partial charge in [-0.3, -0.25) is 5.32 Å². The van der Waals surface area contributed by atoms with Crippen molar-refractivity contribution >= 4 is 0 Å². The highest BCUT2D eigenvalue weighted by Gasteiger charge is 2.39. The molecule has 3 heteroatoms. The Hall–Kier alpha value is -0.590. The Morgan fingerprint density at radius 2 is 2.08 bits per heavy atom. The second-order valence-corrected chi connectivity index (χ2v) is 3.34. The average Bonchev–Trinajstić information content (AvgIpc) is 2.05. The van der Waals surface area contributed by atoms with Crippen LogP contribution in [-0.2, 0) is 4.74 Å². The standard InChI is InChI=1S/C9H16N2O/c1-3-8(4-2)11-9(5-10)6-12-7-9/h8,11H,3-4,6-7H2,1-2H3. The van der Waals surface area contributed by atoms with E-state index in [4.69, 9.17) is 10.00 Å². The van der Waals surface area contributed by atoms with Gasteiger partial charge in [-0.25, -0.2) is 0 Å². The topological polar surface area (TPSA) is 45.0 Å². The average molecular weight is 168 g/mol. The molecule has 3 nitrogen and oxygen atoms in total. The summed E-state index contributed by atoms with van der Waals surface area (Å²) < 4.78 is 5.03. The van der Waals surface area contributed by atoms with Crippen molar-refractivity contribution in [2.75, 3.05) is 13.2 Å². The highest BCUT2D eigenvalue weighted by molar-refractivity contribution is 5.12. The van der Waals surface area contributed by atoms with Crippen molar-refractivity contribution in [1.82, 2.24) is 5.32 Å². The number of hydrogen-bond donors (Lipinski definition) is 1. The molecule has 0 atom stereocenters. The molecule has 1 heterocycles. The third-order valence-corrected chi connectivity index (χ3v) is 2.38. The second-order valence-electron chi connectivity index (χ2n) is 3.34. The summed E-state index contributed by atoms with van der Waals surface area (Å²) in [6, 6.07) is 2.73. The van der Waals surface area contributed by atoms with Gasteiger partial charge in [0.05, 0.1) is 19.3 Å². The van der Waals surface area contributed by atoms with Crippen LogP contribution in [0, 0.1) is 11.3 Å². The summed E-state index contributed by atoms with van der Waals surface area (Å²) in [5.74, 6) is 0. The number of hydrogen-bond acceptors (Lipinski definition) is 3. The summed E-state index contributed by atoms with van der Waals surface area (Å²) in [5.41, 5.74) is -0.378. The maximum Gasteiger partial charge on any atom is 0.153 e. The summed E-state index contributed by atoms with van der Waals surface area (Å²) in [7, 11) is 0. The van der Waals surface area contributed by atoms with E-state index in [1.165, 1.54) is 0 Å². The fourth-order valence-corrected chi connectivity index (χ4v) is 1.37. The minimum atomic E-state index is -0.378. The van der Waals surface area contributed by atoms with Crippen LogP contribution in [0.25, 0.3) is 0 Å². The van der Waals surface area contributed by atoms with Crippen LogP contribution in [0.1, 0.15) is 26.7 Å². The first kappa shape index (κ1) is 9.50. The molecule has 12 heavy (non-hydrogen) atoms. The minimum absolute atomic E-state index is 0.378.